The largest absolute Gasteiger partial charge is 0.497 e. The Kier molecular flexibility index (Phi) is 4.65. The van der Waals surface area contributed by atoms with Crippen molar-refractivity contribution in [3.63, 3.8) is 0 Å². The van der Waals surface area contributed by atoms with Crippen LogP contribution in [0.3, 0.4) is 0 Å². The van der Waals surface area contributed by atoms with Crippen molar-refractivity contribution in [2.75, 3.05) is 24.3 Å². The minimum absolute atomic E-state index is 0.126. The molecule has 1 saturated heterocycles. The highest BCUT2D eigenvalue weighted by molar-refractivity contribution is 8.00. The maximum absolute atomic E-state index is 8.96. The van der Waals surface area contributed by atoms with E-state index in [2.05, 4.69) is 23.9 Å². The molecular weight excluding hydrogens is 274 g/mol. The minimum Gasteiger partial charge on any atom is -0.497 e. The zero-order chi connectivity index (χ0) is 14.7. The van der Waals surface area contributed by atoms with Crippen LogP contribution < -0.4 is 15.4 Å². The number of oxime groups is 1. The molecule has 0 spiro atoms. The van der Waals surface area contributed by atoms with Crippen molar-refractivity contribution in [2.24, 2.45) is 10.9 Å². The molecule has 1 aliphatic rings. The SMILES string of the molecule is COc1ccc(/C(N)=N/O)c(N2CCSC(C)C2C)c1. The van der Waals surface area contributed by atoms with Gasteiger partial charge in [-0.1, -0.05) is 12.1 Å². The molecule has 1 fully saturated rings. The number of ether oxygens (including phenoxy) is 1. The second kappa shape index (κ2) is 6.26. The number of nitrogens with two attached hydrogens (primary N) is 1. The van der Waals surface area contributed by atoms with E-state index in [1.54, 1.807) is 7.11 Å². The third kappa shape index (κ3) is 2.80. The van der Waals surface area contributed by atoms with Gasteiger partial charge in [0.05, 0.1) is 12.8 Å². The zero-order valence-electron chi connectivity index (χ0n) is 12.0. The van der Waals surface area contributed by atoms with E-state index in [9.17, 15) is 0 Å². The first-order chi connectivity index (χ1) is 9.58. The van der Waals surface area contributed by atoms with E-state index in [0.717, 1.165) is 29.3 Å². The van der Waals surface area contributed by atoms with Crippen LogP contribution in [0.15, 0.2) is 23.4 Å². The van der Waals surface area contributed by atoms with Crippen LogP contribution in [0.5, 0.6) is 5.75 Å². The Balaban J connectivity index is 2.46. The van der Waals surface area contributed by atoms with Crippen molar-refractivity contribution in [3.05, 3.63) is 23.8 Å². The Labute approximate surface area is 123 Å². The lowest BCUT2D eigenvalue weighted by molar-refractivity contribution is 0.318. The summed E-state index contributed by atoms with van der Waals surface area (Å²) in [6, 6.07) is 5.99. The predicted molar refractivity (Wildman–Crippen MR) is 84.2 cm³/mol. The Morgan fingerprint density at radius 1 is 1.50 bits per heavy atom. The topological polar surface area (TPSA) is 71.1 Å². The van der Waals surface area contributed by atoms with E-state index in [-0.39, 0.29) is 5.84 Å². The van der Waals surface area contributed by atoms with Gasteiger partial charge in [-0.2, -0.15) is 11.8 Å². The molecule has 0 radical (unpaired) electrons. The van der Waals surface area contributed by atoms with Crippen molar-refractivity contribution in [2.45, 2.75) is 25.1 Å². The van der Waals surface area contributed by atoms with Crippen LogP contribution in [0.2, 0.25) is 0 Å². The molecule has 0 aliphatic carbocycles. The summed E-state index contributed by atoms with van der Waals surface area (Å²) in [5.74, 6) is 1.96. The lowest BCUT2D eigenvalue weighted by atomic mass is 10.1. The lowest BCUT2D eigenvalue weighted by Gasteiger charge is -2.40. The molecule has 110 valence electrons. The average Bonchev–Trinajstić information content (AvgIpc) is 2.48. The van der Waals surface area contributed by atoms with Gasteiger partial charge in [0.25, 0.3) is 0 Å². The summed E-state index contributed by atoms with van der Waals surface area (Å²) in [5, 5.41) is 12.6. The van der Waals surface area contributed by atoms with Gasteiger partial charge in [-0.3, -0.25) is 0 Å². The third-order valence-corrected chi connectivity index (χ3v) is 5.12. The Morgan fingerprint density at radius 3 is 2.90 bits per heavy atom. The van der Waals surface area contributed by atoms with E-state index in [1.165, 1.54) is 0 Å². The molecule has 2 rings (SSSR count). The normalized spacial score (nSPS) is 23.8. The molecule has 1 aromatic rings. The lowest BCUT2D eigenvalue weighted by Crippen LogP contribution is -2.45. The monoisotopic (exact) mass is 295 g/mol. The first kappa shape index (κ1) is 14.8. The van der Waals surface area contributed by atoms with Crippen molar-refractivity contribution in [3.8, 4) is 5.75 Å². The van der Waals surface area contributed by atoms with E-state index in [0.29, 0.717) is 11.3 Å². The summed E-state index contributed by atoms with van der Waals surface area (Å²) in [4.78, 5) is 2.30. The quantitative estimate of drug-likeness (QED) is 0.387. The smallest absolute Gasteiger partial charge is 0.172 e. The fourth-order valence-electron chi connectivity index (χ4n) is 2.42. The number of hydrogen-bond donors (Lipinski definition) is 2. The van der Waals surface area contributed by atoms with Gasteiger partial charge in [0.1, 0.15) is 5.75 Å². The minimum atomic E-state index is 0.126. The average molecular weight is 295 g/mol. The molecule has 20 heavy (non-hydrogen) atoms. The Hall–Kier alpha value is -1.56. The van der Waals surface area contributed by atoms with Gasteiger partial charge in [-0.05, 0) is 19.1 Å². The first-order valence-corrected chi connectivity index (χ1v) is 7.67. The molecule has 0 bridgehead atoms. The van der Waals surface area contributed by atoms with Gasteiger partial charge in [0, 0.05) is 35.2 Å². The first-order valence-electron chi connectivity index (χ1n) is 6.62. The number of benzene rings is 1. The predicted octanol–water partition coefficient (Wildman–Crippen LogP) is 2.12. The van der Waals surface area contributed by atoms with Crippen molar-refractivity contribution >= 4 is 23.3 Å². The van der Waals surface area contributed by atoms with Crippen LogP contribution in [0.4, 0.5) is 5.69 Å². The van der Waals surface area contributed by atoms with E-state index in [4.69, 9.17) is 15.7 Å². The number of thioether (sulfide) groups is 1. The van der Waals surface area contributed by atoms with Crippen LogP contribution in [-0.4, -0.2) is 41.7 Å². The summed E-state index contributed by atoms with van der Waals surface area (Å²) in [5.41, 5.74) is 7.49. The van der Waals surface area contributed by atoms with Crippen molar-refractivity contribution in [1.29, 1.82) is 0 Å². The molecule has 1 heterocycles. The molecule has 5 nitrogen and oxygen atoms in total. The van der Waals surface area contributed by atoms with Gasteiger partial charge in [-0.15, -0.1) is 0 Å². The summed E-state index contributed by atoms with van der Waals surface area (Å²) in [7, 11) is 1.64. The van der Waals surface area contributed by atoms with Gasteiger partial charge < -0.3 is 20.6 Å². The molecule has 2 unspecified atom stereocenters. The van der Waals surface area contributed by atoms with Crippen LogP contribution in [0.1, 0.15) is 19.4 Å². The fourth-order valence-corrected chi connectivity index (χ4v) is 3.52. The summed E-state index contributed by atoms with van der Waals surface area (Å²) in [6.45, 7) is 5.37. The molecule has 1 aliphatic heterocycles. The molecule has 0 saturated carbocycles. The molecular formula is C14H21N3O2S. The molecule has 6 heteroatoms. The van der Waals surface area contributed by atoms with Gasteiger partial charge in [0.15, 0.2) is 5.84 Å². The summed E-state index contributed by atoms with van der Waals surface area (Å²) < 4.78 is 5.30. The van der Waals surface area contributed by atoms with Gasteiger partial charge in [-0.25, -0.2) is 0 Å². The van der Waals surface area contributed by atoms with Crippen LogP contribution >= 0.6 is 11.8 Å². The van der Waals surface area contributed by atoms with Crippen LogP contribution in [-0.2, 0) is 0 Å². The maximum Gasteiger partial charge on any atom is 0.172 e. The van der Waals surface area contributed by atoms with Crippen molar-refractivity contribution < 1.29 is 9.94 Å². The number of anilines is 1. The summed E-state index contributed by atoms with van der Waals surface area (Å²) in [6.07, 6.45) is 0. The second-order valence-corrected chi connectivity index (χ2v) is 6.36. The van der Waals surface area contributed by atoms with Crippen LogP contribution in [0, 0.1) is 0 Å². The highest BCUT2D eigenvalue weighted by Gasteiger charge is 2.27. The molecule has 0 aromatic heterocycles. The molecule has 1 aromatic carbocycles. The fraction of sp³-hybridized carbons (Fsp3) is 0.500. The highest BCUT2D eigenvalue weighted by Crippen LogP contribution is 2.33. The molecule has 2 atom stereocenters. The standard InChI is InChI=1S/C14H21N3O2S/c1-9-10(2)20-7-6-17(9)13-8-11(19-3)4-5-12(13)14(15)16-18/h4-5,8-10,18H,6-7H2,1-3H3,(H2,15,16). The Morgan fingerprint density at radius 2 is 2.25 bits per heavy atom. The molecule has 3 N–H and O–H groups in total. The number of rotatable bonds is 3. The Bertz CT molecular complexity index is 507. The number of nitrogens with zero attached hydrogens (tertiary/aromatic N) is 2. The summed E-state index contributed by atoms with van der Waals surface area (Å²) >= 11 is 1.97. The van der Waals surface area contributed by atoms with Crippen molar-refractivity contribution in [1.82, 2.24) is 0 Å². The number of methoxy groups -OCH3 is 1. The second-order valence-electron chi connectivity index (χ2n) is 4.88. The third-order valence-electron chi connectivity index (χ3n) is 3.78. The van der Waals surface area contributed by atoms with Crippen LogP contribution in [0.25, 0.3) is 0 Å². The molecule has 0 amide bonds. The number of hydrogen-bond acceptors (Lipinski definition) is 5. The van der Waals surface area contributed by atoms with E-state index >= 15 is 0 Å². The van der Waals surface area contributed by atoms with Gasteiger partial charge >= 0.3 is 0 Å². The zero-order valence-corrected chi connectivity index (χ0v) is 12.9. The highest BCUT2D eigenvalue weighted by atomic mass is 32.2. The van der Waals surface area contributed by atoms with Gasteiger partial charge in [0.2, 0.25) is 0 Å². The van der Waals surface area contributed by atoms with E-state index < -0.39 is 0 Å². The maximum atomic E-state index is 8.96. The van der Waals surface area contributed by atoms with E-state index in [1.807, 2.05) is 30.0 Å². The number of amidine groups is 1.